The molecular formula is C17H20N2O8. The molecule has 0 radical (unpaired) electrons. The molecule has 1 fully saturated rings. The maximum atomic E-state index is 12.2. The van der Waals surface area contributed by atoms with E-state index in [1.54, 1.807) is 6.07 Å². The molecule has 0 unspecified atom stereocenters. The Morgan fingerprint density at radius 3 is 2.67 bits per heavy atom. The minimum absolute atomic E-state index is 0.000199. The second-order valence-electron chi connectivity index (χ2n) is 6.11. The summed E-state index contributed by atoms with van der Waals surface area (Å²) in [6, 6.07) is 4.55. The molecule has 1 aromatic heterocycles. The van der Waals surface area contributed by atoms with E-state index in [4.69, 9.17) is 14.2 Å². The zero-order chi connectivity index (χ0) is 19.7. The van der Waals surface area contributed by atoms with Gasteiger partial charge in [0.25, 0.3) is 5.56 Å². The van der Waals surface area contributed by atoms with Crippen molar-refractivity contribution in [2.75, 3.05) is 13.7 Å². The van der Waals surface area contributed by atoms with Gasteiger partial charge in [-0.1, -0.05) is 6.07 Å². The van der Waals surface area contributed by atoms with Gasteiger partial charge in [0.1, 0.15) is 12.2 Å². The maximum absolute atomic E-state index is 12.2. The third-order valence-electron chi connectivity index (χ3n) is 4.36. The summed E-state index contributed by atoms with van der Waals surface area (Å²) in [4.78, 5) is 26.0. The largest absolute Gasteiger partial charge is 0.502 e. The lowest BCUT2D eigenvalue weighted by Gasteiger charge is -2.24. The first kappa shape index (κ1) is 19.0. The Hall–Kier alpha value is -2.82. The first-order chi connectivity index (χ1) is 12.9. The number of phenolic OH excluding ortho intramolecular Hbond substituents is 1. The van der Waals surface area contributed by atoms with Crippen molar-refractivity contribution in [2.45, 2.75) is 31.5 Å². The Kier molecular flexibility index (Phi) is 5.22. The number of nitrogens with one attached hydrogen (secondary N) is 1. The molecule has 2 aromatic rings. The number of nitrogens with zero attached hydrogens (tertiary/aromatic N) is 1. The number of para-hydroxylation sites is 1. The van der Waals surface area contributed by atoms with Gasteiger partial charge in [0, 0.05) is 11.8 Å². The average Bonchev–Trinajstić information content (AvgIpc) is 2.95. The summed E-state index contributed by atoms with van der Waals surface area (Å²) in [6.07, 6.45) is -3.34. The van der Waals surface area contributed by atoms with Crippen molar-refractivity contribution in [3.63, 3.8) is 0 Å². The van der Waals surface area contributed by atoms with Gasteiger partial charge in [-0.2, -0.15) is 0 Å². The van der Waals surface area contributed by atoms with Gasteiger partial charge in [-0.15, -0.1) is 0 Å². The van der Waals surface area contributed by atoms with Crippen molar-refractivity contribution in [2.24, 2.45) is 0 Å². The molecule has 4 N–H and O–H groups in total. The van der Waals surface area contributed by atoms with E-state index in [1.807, 2.05) is 0 Å². The second-order valence-corrected chi connectivity index (χ2v) is 6.11. The molecule has 1 aliphatic rings. The quantitative estimate of drug-likeness (QED) is 0.531. The summed E-state index contributed by atoms with van der Waals surface area (Å²) in [6.45, 7) is 0.992. The van der Waals surface area contributed by atoms with Crippen LogP contribution in [0.1, 0.15) is 11.8 Å². The van der Waals surface area contributed by atoms with Gasteiger partial charge in [-0.05, 0) is 19.1 Å². The molecule has 0 bridgehead atoms. The van der Waals surface area contributed by atoms with Crippen LogP contribution >= 0.6 is 0 Å². The summed E-state index contributed by atoms with van der Waals surface area (Å²) < 4.78 is 17.4. The molecule has 0 saturated carbocycles. The number of aliphatic hydroxyl groups is 2. The highest BCUT2D eigenvalue weighted by molar-refractivity contribution is 5.50. The Morgan fingerprint density at radius 2 is 2.00 bits per heavy atom. The van der Waals surface area contributed by atoms with Crippen LogP contribution in [0.4, 0.5) is 0 Å². The van der Waals surface area contributed by atoms with Gasteiger partial charge >= 0.3 is 5.69 Å². The number of ether oxygens (including phenoxy) is 3. The Balaban J connectivity index is 2.02. The van der Waals surface area contributed by atoms with Crippen LogP contribution in [-0.4, -0.2) is 56.9 Å². The highest BCUT2D eigenvalue weighted by Gasteiger charge is 2.47. The Bertz CT molecular complexity index is 937. The van der Waals surface area contributed by atoms with Crippen molar-refractivity contribution >= 4 is 0 Å². The van der Waals surface area contributed by atoms with Crippen molar-refractivity contribution in [1.82, 2.24) is 9.55 Å². The predicted molar refractivity (Wildman–Crippen MR) is 92.1 cm³/mol. The van der Waals surface area contributed by atoms with E-state index in [9.17, 15) is 24.9 Å². The summed E-state index contributed by atoms with van der Waals surface area (Å²) >= 11 is 0. The van der Waals surface area contributed by atoms with Gasteiger partial charge in [-0.3, -0.25) is 14.3 Å². The first-order valence-corrected chi connectivity index (χ1v) is 8.16. The van der Waals surface area contributed by atoms with E-state index >= 15 is 0 Å². The van der Waals surface area contributed by atoms with Gasteiger partial charge in [-0.25, -0.2) is 4.79 Å². The lowest BCUT2D eigenvalue weighted by molar-refractivity contribution is -0.0525. The number of aromatic amines is 1. The van der Waals surface area contributed by atoms with E-state index in [0.29, 0.717) is 0 Å². The minimum Gasteiger partial charge on any atom is -0.502 e. The molecule has 0 aliphatic carbocycles. The number of H-pyrrole nitrogens is 1. The number of rotatable bonds is 5. The van der Waals surface area contributed by atoms with Gasteiger partial charge in [0.05, 0.1) is 13.7 Å². The number of methoxy groups -OCH3 is 1. The van der Waals surface area contributed by atoms with Crippen LogP contribution in [0.2, 0.25) is 0 Å². The number of benzene rings is 1. The fourth-order valence-corrected chi connectivity index (χ4v) is 2.90. The number of aliphatic hydroxyl groups excluding tert-OH is 2. The molecule has 27 heavy (non-hydrogen) atoms. The summed E-state index contributed by atoms with van der Waals surface area (Å²) in [5.41, 5.74) is -1.05. The number of aromatic hydroxyl groups is 1. The highest BCUT2D eigenvalue weighted by Crippen LogP contribution is 2.39. The number of hydrogen-bond acceptors (Lipinski definition) is 8. The molecule has 0 amide bonds. The second kappa shape index (κ2) is 7.43. The zero-order valence-corrected chi connectivity index (χ0v) is 14.7. The molecule has 0 spiro atoms. The molecule has 10 nitrogen and oxygen atoms in total. The molecule has 3 rings (SSSR count). The lowest BCUT2D eigenvalue weighted by atomic mass is 10.1. The predicted octanol–water partition coefficient (Wildman–Crippen LogP) is -0.743. The van der Waals surface area contributed by atoms with E-state index in [1.165, 1.54) is 32.4 Å². The lowest BCUT2D eigenvalue weighted by Crippen LogP contribution is -2.41. The third kappa shape index (κ3) is 3.42. The maximum Gasteiger partial charge on any atom is 0.330 e. The fourth-order valence-electron chi connectivity index (χ4n) is 2.90. The molecule has 10 heteroatoms. The van der Waals surface area contributed by atoms with Crippen LogP contribution in [0.25, 0.3) is 0 Å². The monoisotopic (exact) mass is 380 g/mol. The van der Waals surface area contributed by atoms with Crippen molar-refractivity contribution in [3.8, 4) is 17.2 Å². The molecule has 146 valence electrons. The van der Waals surface area contributed by atoms with E-state index in [2.05, 4.69) is 4.98 Å². The number of hydrogen-bond donors (Lipinski definition) is 4. The van der Waals surface area contributed by atoms with Crippen molar-refractivity contribution in [1.29, 1.82) is 0 Å². The third-order valence-corrected chi connectivity index (χ3v) is 4.36. The number of phenols is 1. The first-order valence-electron chi connectivity index (χ1n) is 8.16. The van der Waals surface area contributed by atoms with Crippen molar-refractivity contribution < 1.29 is 29.5 Å². The normalized spacial score (nSPS) is 24.7. The molecule has 1 aliphatic heterocycles. The van der Waals surface area contributed by atoms with Gasteiger partial charge in [0.15, 0.2) is 23.8 Å². The molecule has 1 saturated heterocycles. The minimum atomic E-state index is -1.30. The number of aryl methyl sites for hydroxylation is 1. The topological polar surface area (TPSA) is 143 Å². The summed E-state index contributed by atoms with van der Waals surface area (Å²) in [5, 5.41) is 30.1. The Labute approximate surface area is 153 Å². The van der Waals surface area contributed by atoms with Crippen molar-refractivity contribution in [3.05, 3.63) is 50.8 Å². The van der Waals surface area contributed by atoms with Gasteiger partial charge in [0.2, 0.25) is 5.75 Å². The van der Waals surface area contributed by atoms with E-state index in [-0.39, 0.29) is 22.8 Å². The van der Waals surface area contributed by atoms with Crippen LogP contribution in [0.3, 0.4) is 0 Å². The fraction of sp³-hybridized carbons (Fsp3) is 0.412. The van der Waals surface area contributed by atoms with Crippen LogP contribution in [-0.2, 0) is 4.74 Å². The Morgan fingerprint density at radius 1 is 1.30 bits per heavy atom. The van der Waals surface area contributed by atoms with Crippen LogP contribution in [0.15, 0.2) is 34.0 Å². The van der Waals surface area contributed by atoms with Gasteiger partial charge < -0.3 is 29.5 Å². The molecule has 4 atom stereocenters. The standard InChI is InChI=1S/C17H20N2O8/c1-8-6-19(17(24)18-15(8)23)16-14(13(22)11(7-20)27-16)26-10-5-3-4-9(25-2)12(10)21/h3-6,11,13-14,16,20-22H,7H2,1-2H3,(H,18,23,24)/t11-,13-,14-,16-/m1/s1. The van der Waals surface area contributed by atoms with Crippen LogP contribution < -0.4 is 20.7 Å². The number of aromatic nitrogens is 2. The highest BCUT2D eigenvalue weighted by atomic mass is 16.6. The van der Waals surface area contributed by atoms with Crippen LogP contribution in [0.5, 0.6) is 17.2 Å². The SMILES string of the molecule is COc1cccc(O[C@@H]2[C@H](O)[C@@H](CO)O[C@H]2n2cc(C)c(=O)[nH]c2=O)c1O. The smallest absolute Gasteiger partial charge is 0.330 e. The molecule has 2 heterocycles. The summed E-state index contributed by atoms with van der Waals surface area (Å²) in [7, 11) is 1.37. The van der Waals surface area contributed by atoms with Crippen LogP contribution in [0, 0.1) is 6.92 Å². The van der Waals surface area contributed by atoms with E-state index in [0.717, 1.165) is 4.57 Å². The average molecular weight is 380 g/mol. The zero-order valence-electron chi connectivity index (χ0n) is 14.7. The molecule has 1 aromatic carbocycles. The van der Waals surface area contributed by atoms with E-state index < -0.39 is 42.4 Å². The molecular weight excluding hydrogens is 360 g/mol. The summed E-state index contributed by atoms with van der Waals surface area (Å²) in [5.74, 6) is -0.128.